The number of hydrogen-bond acceptors (Lipinski definition) is 3. The first kappa shape index (κ1) is 17.6. The maximum atomic E-state index is 13.1. The van der Waals surface area contributed by atoms with Gasteiger partial charge in [0.25, 0.3) is 0 Å². The van der Waals surface area contributed by atoms with Crippen LogP contribution in [0.15, 0.2) is 42.5 Å². The highest BCUT2D eigenvalue weighted by Gasteiger charge is 2.47. The normalized spacial score (nSPS) is 24.9. The second-order valence-corrected chi connectivity index (χ2v) is 7.24. The van der Waals surface area contributed by atoms with Crippen molar-refractivity contribution in [3.63, 3.8) is 0 Å². The Labute approximate surface area is 157 Å². The summed E-state index contributed by atoms with van der Waals surface area (Å²) in [7, 11) is 0. The first-order chi connectivity index (χ1) is 13.0. The molecule has 0 bridgehead atoms. The number of nitrogens with zero attached hydrogens (tertiary/aromatic N) is 2. The van der Waals surface area contributed by atoms with Gasteiger partial charge >= 0.3 is 0 Å². The molecule has 0 saturated carbocycles. The number of hydrogen-bond donors (Lipinski definition) is 0. The number of allylic oxidation sites excluding steroid dienone is 2. The van der Waals surface area contributed by atoms with Crippen molar-refractivity contribution in [1.29, 1.82) is 0 Å². The van der Waals surface area contributed by atoms with Crippen LogP contribution in [0.1, 0.15) is 24.8 Å². The van der Waals surface area contributed by atoms with Crippen LogP contribution in [0.5, 0.6) is 0 Å². The third-order valence-electron chi connectivity index (χ3n) is 5.67. The van der Waals surface area contributed by atoms with Gasteiger partial charge in [-0.3, -0.25) is 19.3 Å². The number of halogens is 1. The van der Waals surface area contributed by atoms with E-state index in [9.17, 15) is 18.8 Å². The van der Waals surface area contributed by atoms with Gasteiger partial charge in [-0.15, -0.1) is 0 Å². The summed E-state index contributed by atoms with van der Waals surface area (Å²) < 4.78 is 13.1. The number of likely N-dealkylation sites (tertiary alicyclic amines) is 1. The SMILES string of the molecule is O=C(CN1C(=O)[C@@H]2CC=CC[C@H]2C1=O)N1CC=C(c2ccc(F)cc2)CC1. The van der Waals surface area contributed by atoms with E-state index in [2.05, 4.69) is 0 Å². The van der Waals surface area contributed by atoms with Crippen molar-refractivity contribution >= 4 is 23.3 Å². The van der Waals surface area contributed by atoms with Gasteiger partial charge in [-0.25, -0.2) is 4.39 Å². The molecule has 0 radical (unpaired) electrons. The minimum absolute atomic E-state index is 0.176. The molecule has 4 rings (SSSR count). The Hall–Kier alpha value is -2.76. The molecule has 0 aromatic heterocycles. The highest BCUT2D eigenvalue weighted by Crippen LogP contribution is 2.35. The average Bonchev–Trinajstić information content (AvgIpc) is 2.94. The van der Waals surface area contributed by atoms with Gasteiger partial charge in [-0.05, 0) is 42.5 Å². The van der Waals surface area contributed by atoms with Crippen LogP contribution >= 0.6 is 0 Å². The zero-order valence-electron chi connectivity index (χ0n) is 14.9. The molecule has 3 amide bonds. The monoisotopic (exact) mass is 368 g/mol. The lowest BCUT2D eigenvalue weighted by Crippen LogP contribution is -2.44. The third kappa shape index (κ3) is 3.31. The van der Waals surface area contributed by atoms with Gasteiger partial charge in [0, 0.05) is 13.1 Å². The molecule has 0 spiro atoms. The van der Waals surface area contributed by atoms with Crippen LogP contribution in [0, 0.1) is 17.7 Å². The fraction of sp³-hybridized carbons (Fsp3) is 0.381. The topological polar surface area (TPSA) is 57.7 Å². The summed E-state index contributed by atoms with van der Waals surface area (Å²) in [6, 6.07) is 6.31. The van der Waals surface area contributed by atoms with E-state index in [1.54, 1.807) is 17.0 Å². The Kier molecular flexibility index (Phi) is 4.64. The fourth-order valence-electron chi connectivity index (χ4n) is 4.08. The van der Waals surface area contributed by atoms with Gasteiger partial charge in [-0.2, -0.15) is 0 Å². The standard InChI is InChI=1S/C21H21FN2O3/c22-16-7-5-14(6-8-16)15-9-11-23(12-10-15)19(25)13-24-20(26)17-3-1-2-4-18(17)21(24)27/h1-2,5-9,17-18H,3-4,10-13H2/t17-,18-/m1/s1. The Morgan fingerprint density at radius 1 is 1.04 bits per heavy atom. The zero-order chi connectivity index (χ0) is 19.0. The predicted molar refractivity (Wildman–Crippen MR) is 97.6 cm³/mol. The molecule has 0 unspecified atom stereocenters. The molecule has 6 heteroatoms. The maximum absolute atomic E-state index is 13.1. The summed E-state index contributed by atoms with van der Waals surface area (Å²) in [6.45, 7) is 0.771. The lowest BCUT2D eigenvalue weighted by atomic mass is 9.85. The predicted octanol–water partition coefficient (Wildman–Crippen LogP) is 2.39. The number of benzene rings is 1. The lowest BCUT2D eigenvalue weighted by Gasteiger charge is -2.28. The molecule has 2 aliphatic heterocycles. The van der Waals surface area contributed by atoms with Gasteiger partial charge in [-0.1, -0.05) is 30.4 Å². The minimum Gasteiger partial charge on any atom is -0.337 e. The molecule has 5 nitrogen and oxygen atoms in total. The molecule has 1 fully saturated rings. The number of carbonyl (C=O) groups excluding carboxylic acids is 3. The molecule has 140 valence electrons. The molecular weight excluding hydrogens is 347 g/mol. The van der Waals surface area contributed by atoms with Gasteiger partial charge in [0.1, 0.15) is 12.4 Å². The van der Waals surface area contributed by atoms with Crippen molar-refractivity contribution in [3.8, 4) is 0 Å². The van der Waals surface area contributed by atoms with Crippen molar-refractivity contribution in [2.45, 2.75) is 19.3 Å². The number of rotatable bonds is 3. The van der Waals surface area contributed by atoms with E-state index in [0.717, 1.165) is 16.0 Å². The fourth-order valence-corrected chi connectivity index (χ4v) is 4.08. The van der Waals surface area contributed by atoms with Crippen LogP contribution in [-0.4, -0.2) is 47.2 Å². The summed E-state index contributed by atoms with van der Waals surface area (Å²) in [6.07, 6.45) is 7.63. The van der Waals surface area contributed by atoms with Crippen molar-refractivity contribution in [2.75, 3.05) is 19.6 Å². The molecule has 3 aliphatic rings. The van der Waals surface area contributed by atoms with Crippen LogP contribution in [-0.2, 0) is 14.4 Å². The second kappa shape index (κ2) is 7.10. The van der Waals surface area contributed by atoms with E-state index in [-0.39, 0.29) is 41.9 Å². The second-order valence-electron chi connectivity index (χ2n) is 7.24. The van der Waals surface area contributed by atoms with E-state index < -0.39 is 0 Å². The molecule has 2 heterocycles. The minimum atomic E-state index is -0.304. The van der Waals surface area contributed by atoms with Crippen molar-refractivity contribution < 1.29 is 18.8 Å². The van der Waals surface area contributed by atoms with E-state index in [4.69, 9.17) is 0 Å². The number of fused-ring (bicyclic) bond motifs is 1. The lowest BCUT2D eigenvalue weighted by molar-refractivity contribution is -0.146. The average molecular weight is 368 g/mol. The molecule has 2 atom stereocenters. The first-order valence-corrected chi connectivity index (χ1v) is 9.27. The van der Waals surface area contributed by atoms with E-state index >= 15 is 0 Å². The molecular formula is C21H21FN2O3. The third-order valence-corrected chi connectivity index (χ3v) is 5.67. The van der Waals surface area contributed by atoms with Crippen molar-refractivity contribution in [1.82, 2.24) is 9.80 Å². The van der Waals surface area contributed by atoms with Gasteiger partial charge in [0.15, 0.2) is 0 Å². The number of imide groups is 1. The van der Waals surface area contributed by atoms with Crippen LogP contribution in [0.2, 0.25) is 0 Å². The van der Waals surface area contributed by atoms with Crippen molar-refractivity contribution in [2.24, 2.45) is 11.8 Å². The molecule has 1 aliphatic carbocycles. The van der Waals surface area contributed by atoms with Crippen LogP contribution in [0.25, 0.3) is 5.57 Å². The summed E-state index contributed by atoms with van der Waals surface area (Å²) in [4.78, 5) is 40.4. The quantitative estimate of drug-likeness (QED) is 0.608. The number of amides is 3. The summed E-state index contributed by atoms with van der Waals surface area (Å²) in [5.41, 5.74) is 2.02. The van der Waals surface area contributed by atoms with Crippen LogP contribution in [0.4, 0.5) is 4.39 Å². The highest BCUT2D eigenvalue weighted by molar-refractivity contribution is 6.07. The van der Waals surface area contributed by atoms with E-state index in [1.807, 2.05) is 18.2 Å². The highest BCUT2D eigenvalue weighted by atomic mass is 19.1. The van der Waals surface area contributed by atoms with E-state index in [0.29, 0.717) is 32.4 Å². The van der Waals surface area contributed by atoms with Gasteiger partial charge in [0.05, 0.1) is 11.8 Å². The molecule has 1 saturated heterocycles. The Morgan fingerprint density at radius 2 is 1.67 bits per heavy atom. The van der Waals surface area contributed by atoms with Gasteiger partial charge < -0.3 is 4.90 Å². The Balaban J connectivity index is 1.39. The zero-order valence-corrected chi connectivity index (χ0v) is 14.9. The van der Waals surface area contributed by atoms with Crippen LogP contribution < -0.4 is 0 Å². The first-order valence-electron chi connectivity index (χ1n) is 9.27. The largest absolute Gasteiger partial charge is 0.337 e. The van der Waals surface area contributed by atoms with E-state index in [1.165, 1.54) is 12.1 Å². The van der Waals surface area contributed by atoms with Gasteiger partial charge in [0.2, 0.25) is 17.7 Å². The summed E-state index contributed by atoms with van der Waals surface area (Å²) >= 11 is 0. The molecule has 0 N–H and O–H groups in total. The Morgan fingerprint density at radius 3 is 2.22 bits per heavy atom. The molecule has 27 heavy (non-hydrogen) atoms. The van der Waals surface area contributed by atoms with Crippen molar-refractivity contribution in [3.05, 3.63) is 53.9 Å². The Bertz CT molecular complexity index is 817. The number of carbonyl (C=O) groups is 3. The smallest absolute Gasteiger partial charge is 0.243 e. The molecule has 1 aromatic carbocycles. The maximum Gasteiger partial charge on any atom is 0.243 e. The summed E-state index contributed by atoms with van der Waals surface area (Å²) in [5.74, 6) is -1.53. The molecule has 1 aromatic rings. The summed E-state index contributed by atoms with van der Waals surface area (Å²) in [5, 5.41) is 0. The van der Waals surface area contributed by atoms with Crippen LogP contribution in [0.3, 0.4) is 0 Å².